The van der Waals surface area contributed by atoms with Gasteiger partial charge < -0.3 is 9.64 Å². The summed E-state index contributed by atoms with van der Waals surface area (Å²) in [6.07, 6.45) is 0. The van der Waals surface area contributed by atoms with Gasteiger partial charge in [0.05, 0.1) is 12.1 Å². The van der Waals surface area contributed by atoms with E-state index < -0.39 is 0 Å². The Balaban J connectivity index is 1.81. The number of halogens is 1. The van der Waals surface area contributed by atoms with Crippen LogP contribution in [0.15, 0.2) is 35.2 Å². The van der Waals surface area contributed by atoms with E-state index >= 15 is 0 Å². The zero-order valence-electron chi connectivity index (χ0n) is 10.4. The summed E-state index contributed by atoms with van der Waals surface area (Å²) in [5.74, 6) is 0.595. The van der Waals surface area contributed by atoms with Crippen molar-refractivity contribution in [3.05, 3.63) is 45.9 Å². The highest BCUT2D eigenvalue weighted by atomic mass is 35.5. The van der Waals surface area contributed by atoms with Crippen molar-refractivity contribution in [2.75, 3.05) is 20.2 Å². The minimum Gasteiger partial charge on any atom is -0.492 e. The second-order valence-electron chi connectivity index (χ2n) is 3.91. The molecule has 0 spiro atoms. The summed E-state index contributed by atoms with van der Waals surface area (Å²) in [5.41, 5.74) is 2.11. The molecule has 0 bridgehead atoms. The van der Waals surface area contributed by atoms with Crippen LogP contribution in [0, 0.1) is 0 Å². The SMILES string of the molecule is CN(CCOc1cccc(Cl)c1)C(=O)c1cscn1. The third kappa shape index (κ3) is 3.94. The van der Waals surface area contributed by atoms with E-state index in [0.717, 1.165) is 0 Å². The van der Waals surface area contributed by atoms with Crippen molar-refractivity contribution in [2.45, 2.75) is 0 Å². The molecule has 0 aliphatic carbocycles. The molecule has 100 valence electrons. The molecule has 1 amide bonds. The number of aromatic nitrogens is 1. The first-order valence-electron chi connectivity index (χ1n) is 5.69. The highest BCUT2D eigenvalue weighted by Crippen LogP contribution is 2.16. The fourth-order valence-electron chi connectivity index (χ4n) is 1.47. The number of amides is 1. The second kappa shape index (κ2) is 6.54. The Morgan fingerprint density at radius 3 is 3.05 bits per heavy atom. The Labute approximate surface area is 120 Å². The van der Waals surface area contributed by atoms with Gasteiger partial charge in [-0.05, 0) is 18.2 Å². The van der Waals surface area contributed by atoms with Gasteiger partial charge in [0.25, 0.3) is 5.91 Å². The van der Waals surface area contributed by atoms with Crippen molar-refractivity contribution in [1.29, 1.82) is 0 Å². The Kier molecular flexibility index (Phi) is 4.76. The maximum absolute atomic E-state index is 11.9. The van der Waals surface area contributed by atoms with Crippen molar-refractivity contribution < 1.29 is 9.53 Å². The van der Waals surface area contributed by atoms with E-state index in [4.69, 9.17) is 16.3 Å². The van der Waals surface area contributed by atoms with Crippen LogP contribution >= 0.6 is 22.9 Å². The van der Waals surface area contributed by atoms with Crippen LogP contribution in [0.25, 0.3) is 0 Å². The molecular weight excluding hydrogens is 284 g/mol. The molecule has 0 N–H and O–H groups in total. The summed E-state index contributed by atoms with van der Waals surface area (Å²) < 4.78 is 5.53. The van der Waals surface area contributed by atoms with Crippen LogP contribution in [0.1, 0.15) is 10.5 Å². The van der Waals surface area contributed by atoms with Crippen molar-refractivity contribution >= 4 is 28.8 Å². The molecule has 0 saturated carbocycles. The first kappa shape index (κ1) is 13.8. The Hall–Kier alpha value is -1.59. The number of rotatable bonds is 5. The molecule has 1 heterocycles. The number of thiazole rings is 1. The van der Waals surface area contributed by atoms with Gasteiger partial charge in [0, 0.05) is 17.5 Å². The van der Waals surface area contributed by atoms with Crippen LogP contribution in [0.3, 0.4) is 0 Å². The van der Waals surface area contributed by atoms with Gasteiger partial charge >= 0.3 is 0 Å². The van der Waals surface area contributed by atoms with Gasteiger partial charge in [-0.25, -0.2) is 4.98 Å². The third-order valence-corrected chi connectivity index (χ3v) is 3.31. The van der Waals surface area contributed by atoms with Crippen LogP contribution in [0.5, 0.6) is 5.75 Å². The summed E-state index contributed by atoms with van der Waals surface area (Å²) in [7, 11) is 1.73. The standard InChI is InChI=1S/C13H13ClN2O2S/c1-16(13(17)12-8-19-9-15-12)5-6-18-11-4-2-3-10(14)7-11/h2-4,7-9H,5-6H2,1H3. The summed E-state index contributed by atoms with van der Waals surface area (Å²) in [6, 6.07) is 7.17. The average Bonchev–Trinajstić information content (AvgIpc) is 2.91. The zero-order valence-corrected chi connectivity index (χ0v) is 11.9. The molecule has 19 heavy (non-hydrogen) atoms. The molecule has 2 rings (SSSR count). The molecule has 0 fully saturated rings. The predicted molar refractivity (Wildman–Crippen MR) is 76.0 cm³/mol. The Morgan fingerprint density at radius 1 is 1.53 bits per heavy atom. The van der Waals surface area contributed by atoms with E-state index in [2.05, 4.69) is 4.98 Å². The molecule has 0 unspecified atom stereocenters. The van der Waals surface area contributed by atoms with Gasteiger partial charge in [-0.15, -0.1) is 11.3 Å². The highest BCUT2D eigenvalue weighted by Gasteiger charge is 2.13. The quantitative estimate of drug-likeness (QED) is 0.852. The summed E-state index contributed by atoms with van der Waals surface area (Å²) in [4.78, 5) is 17.5. The third-order valence-electron chi connectivity index (χ3n) is 2.49. The maximum Gasteiger partial charge on any atom is 0.273 e. The molecular formula is C13H13ClN2O2S. The molecule has 1 aromatic heterocycles. The van der Waals surface area contributed by atoms with Crippen LogP contribution in [-0.4, -0.2) is 36.0 Å². The van der Waals surface area contributed by atoms with Gasteiger partial charge in [-0.1, -0.05) is 17.7 Å². The zero-order chi connectivity index (χ0) is 13.7. The molecule has 0 aliphatic rings. The maximum atomic E-state index is 11.9. The Bertz CT molecular complexity index is 545. The topological polar surface area (TPSA) is 42.4 Å². The number of likely N-dealkylation sites (N-methyl/N-ethyl adjacent to an activating group) is 1. The van der Waals surface area contributed by atoms with Crippen molar-refractivity contribution in [3.63, 3.8) is 0 Å². The molecule has 2 aromatic rings. The number of nitrogens with zero attached hydrogens (tertiary/aromatic N) is 2. The largest absolute Gasteiger partial charge is 0.492 e. The smallest absolute Gasteiger partial charge is 0.273 e. The second-order valence-corrected chi connectivity index (χ2v) is 5.06. The number of hydrogen-bond acceptors (Lipinski definition) is 4. The number of benzene rings is 1. The first-order chi connectivity index (χ1) is 9.16. The van der Waals surface area contributed by atoms with Crippen LogP contribution < -0.4 is 4.74 Å². The van der Waals surface area contributed by atoms with Gasteiger partial charge in [-0.2, -0.15) is 0 Å². The fourth-order valence-corrected chi connectivity index (χ4v) is 2.18. The van der Waals surface area contributed by atoms with Gasteiger partial charge in [0.15, 0.2) is 0 Å². The molecule has 0 aliphatic heterocycles. The van der Waals surface area contributed by atoms with Crippen LogP contribution in [-0.2, 0) is 0 Å². The molecule has 1 aromatic carbocycles. The lowest BCUT2D eigenvalue weighted by Crippen LogP contribution is -2.31. The number of carbonyl (C=O) groups is 1. The van der Waals surface area contributed by atoms with Crippen molar-refractivity contribution in [3.8, 4) is 5.75 Å². The van der Waals surface area contributed by atoms with Gasteiger partial charge in [0.2, 0.25) is 0 Å². The van der Waals surface area contributed by atoms with E-state index in [1.165, 1.54) is 11.3 Å². The van der Waals surface area contributed by atoms with Gasteiger partial charge in [-0.3, -0.25) is 4.79 Å². The first-order valence-corrected chi connectivity index (χ1v) is 7.01. The van der Waals surface area contributed by atoms with E-state index in [1.54, 1.807) is 35.0 Å². The predicted octanol–water partition coefficient (Wildman–Crippen LogP) is 2.95. The average molecular weight is 297 g/mol. The molecule has 4 nitrogen and oxygen atoms in total. The van der Waals surface area contributed by atoms with E-state index in [0.29, 0.717) is 29.6 Å². The molecule has 6 heteroatoms. The lowest BCUT2D eigenvalue weighted by atomic mass is 10.3. The van der Waals surface area contributed by atoms with E-state index in [1.807, 2.05) is 12.1 Å². The van der Waals surface area contributed by atoms with Crippen LogP contribution in [0.2, 0.25) is 5.02 Å². The molecule has 0 saturated heterocycles. The van der Waals surface area contributed by atoms with Gasteiger partial charge in [0.1, 0.15) is 18.1 Å². The van der Waals surface area contributed by atoms with Crippen molar-refractivity contribution in [2.24, 2.45) is 0 Å². The number of carbonyl (C=O) groups excluding carboxylic acids is 1. The van der Waals surface area contributed by atoms with E-state index in [9.17, 15) is 4.79 Å². The summed E-state index contributed by atoms with van der Waals surface area (Å²) >= 11 is 7.26. The summed E-state index contributed by atoms with van der Waals surface area (Å²) in [6.45, 7) is 0.898. The van der Waals surface area contributed by atoms with E-state index in [-0.39, 0.29) is 5.91 Å². The minimum absolute atomic E-state index is 0.101. The normalized spacial score (nSPS) is 10.2. The monoisotopic (exact) mass is 296 g/mol. The lowest BCUT2D eigenvalue weighted by Gasteiger charge is -2.16. The highest BCUT2D eigenvalue weighted by molar-refractivity contribution is 7.07. The summed E-state index contributed by atoms with van der Waals surface area (Å²) in [5, 5.41) is 2.36. The number of ether oxygens (including phenoxy) is 1. The fraction of sp³-hybridized carbons (Fsp3) is 0.231. The Morgan fingerprint density at radius 2 is 2.37 bits per heavy atom. The molecule has 0 radical (unpaired) electrons. The lowest BCUT2D eigenvalue weighted by molar-refractivity contribution is 0.0769. The number of hydrogen-bond donors (Lipinski definition) is 0. The van der Waals surface area contributed by atoms with Crippen molar-refractivity contribution in [1.82, 2.24) is 9.88 Å². The molecule has 0 atom stereocenters. The minimum atomic E-state index is -0.101. The van der Waals surface area contributed by atoms with Crippen LogP contribution in [0.4, 0.5) is 0 Å².